The van der Waals surface area contributed by atoms with Gasteiger partial charge in [0.15, 0.2) is 5.11 Å². The highest BCUT2D eigenvalue weighted by Gasteiger charge is 2.17. The number of anilines is 1. The van der Waals surface area contributed by atoms with E-state index in [0.717, 1.165) is 10.9 Å². The van der Waals surface area contributed by atoms with Crippen LogP contribution in [-0.2, 0) is 0 Å². The van der Waals surface area contributed by atoms with Crippen LogP contribution in [0.2, 0.25) is 0 Å². The van der Waals surface area contributed by atoms with Crippen molar-refractivity contribution in [2.24, 2.45) is 5.92 Å². The Morgan fingerprint density at radius 3 is 2.42 bits per heavy atom. The van der Waals surface area contributed by atoms with E-state index in [4.69, 9.17) is 17.0 Å². The summed E-state index contributed by atoms with van der Waals surface area (Å²) in [6, 6.07) is 12.2. The largest absolute Gasteiger partial charge is 0.493 e. The number of rotatable bonds is 8. The third kappa shape index (κ3) is 7.95. The van der Waals surface area contributed by atoms with E-state index in [-0.39, 0.29) is 17.1 Å². The van der Waals surface area contributed by atoms with Gasteiger partial charge in [0.05, 0.1) is 23.4 Å². The van der Waals surface area contributed by atoms with Gasteiger partial charge in [0.2, 0.25) is 0 Å². The van der Waals surface area contributed by atoms with Crippen LogP contribution in [0.3, 0.4) is 0 Å². The maximum atomic E-state index is 12.9. The molecule has 2 aromatic rings. The normalized spacial score (nSPS) is 10.7. The summed E-state index contributed by atoms with van der Waals surface area (Å²) < 4.78 is 6.57. The molecule has 0 saturated heterocycles. The lowest BCUT2D eigenvalue weighted by Gasteiger charge is -2.16. The van der Waals surface area contributed by atoms with Crippen molar-refractivity contribution >= 4 is 50.8 Å². The molecule has 6 nitrogen and oxygen atoms in total. The first-order valence-electron chi connectivity index (χ1n) is 10.1. The summed E-state index contributed by atoms with van der Waals surface area (Å²) in [4.78, 5) is 25.3. The molecule has 8 heteroatoms. The third-order valence-corrected chi connectivity index (χ3v) is 4.90. The van der Waals surface area contributed by atoms with Gasteiger partial charge in [-0.3, -0.25) is 14.9 Å². The van der Waals surface area contributed by atoms with E-state index in [1.807, 2.05) is 19.9 Å². The fraction of sp³-hybridized carbons (Fsp3) is 0.348. The quantitative estimate of drug-likeness (QED) is 0.432. The third-order valence-electron chi connectivity index (χ3n) is 4.21. The Balaban J connectivity index is 2.11. The number of carbonyl (C=O) groups is 2. The zero-order valence-electron chi connectivity index (χ0n) is 18.1. The van der Waals surface area contributed by atoms with Gasteiger partial charge < -0.3 is 15.4 Å². The number of para-hydroxylation sites is 1. The highest BCUT2D eigenvalue weighted by Crippen LogP contribution is 2.24. The van der Waals surface area contributed by atoms with E-state index in [2.05, 4.69) is 45.7 Å². The molecule has 0 heterocycles. The molecule has 0 aromatic heterocycles. The Morgan fingerprint density at radius 1 is 1.03 bits per heavy atom. The van der Waals surface area contributed by atoms with Crippen molar-refractivity contribution in [3.63, 3.8) is 0 Å². The van der Waals surface area contributed by atoms with Crippen LogP contribution in [0.15, 0.2) is 46.9 Å². The van der Waals surface area contributed by atoms with E-state index in [0.29, 0.717) is 35.1 Å². The predicted octanol–water partition coefficient (Wildman–Crippen LogP) is 5.14. The van der Waals surface area contributed by atoms with Gasteiger partial charge in [0, 0.05) is 10.5 Å². The molecule has 2 amide bonds. The van der Waals surface area contributed by atoms with Crippen LogP contribution in [0.5, 0.6) is 5.75 Å². The molecule has 166 valence electrons. The Kier molecular flexibility index (Phi) is 9.45. The Morgan fingerprint density at radius 2 is 1.74 bits per heavy atom. The highest BCUT2D eigenvalue weighted by molar-refractivity contribution is 9.10. The fourth-order valence-electron chi connectivity index (χ4n) is 2.66. The van der Waals surface area contributed by atoms with Gasteiger partial charge in [0.25, 0.3) is 11.8 Å². The molecule has 0 saturated carbocycles. The zero-order chi connectivity index (χ0) is 23.0. The zero-order valence-corrected chi connectivity index (χ0v) is 20.5. The van der Waals surface area contributed by atoms with Gasteiger partial charge in [-0.25, -0.2) is 0 Å². The SMILES string of the molecule is CC(C)CCOc1ccc(Br)cc1C(=O)NC(=S)Nc1ccccc1C(=O)NC(C)C. The first-order chi connectivity index (χ1) is 14.7. The lowest BCUT2D eigenvalue weighted by molar-refractivity contribution is 0.0942. The van der Waals surface area contributed by atoms with Crippen molar-refractivity contribution in [3.8, 4) is 5.75 Å². The van der Waals surface area contributed by atoms with Crippen molar-refractivity contribution in [2.75, 3.05) is 11.9 Å². The summed E-state index contributed by atoms with van der Waals surface area (Å²) in [5.41, 5.74) is 1.31. The minimum atomic E-state index is -0.400. The van der Waals surface area contributed by atoms with Gasteiger partial charge in [-0.05, 0) is 68.7 Å². The van der Waals surface area contributed by atoms with E-state index < -0.39 is 5.91 Å². The average molecular weight is 506 g/mol. The Labute approximate surface area is 197 Å². The second-order valence-electron chi connectivity index (χ2n) is 7.75. The first kappa shape index (κ1) is 24.8. The van der Waals surface area contributed by atoms with Crippen LogP contribution < -0.4 is 20.7 Å². The smallest absolute Gasteiger partial charge is 0.261 e. The summed E-state index contributed by atoms with van der Waals surface area (Å²) in [7, 11) is 0. The number of carbonyl (C=O) groups excluding carboxylic acids is 2. The molecule has 0 radical (unpaired) electrons. The van der Waals surface area contributed by atoms with Crippen LogP contribution in [-0.4, -0.2) is 29.6 Å². The number of amides is 2. The molecule has 2 aromatic carbocycles. The summed E-state index contributed by atoms with van der Waals surface area (Å²) in [6.07, 6.45) is 0.881. The summed E-state index contributed by atoms with van der Waals surface area (Å²) in [6.45, 7) is 8.51. The van der Waals surface area contributed by atoms with Crippen LogP contribution in [0.4, 0.5) is 5.69 Å². The van der Waals surface area contributed by atoms with Crippen LogP contribution in [0, 0.1) is 5.92 Å². The first-order valence-corrected chi connectivity index (χ1v) is 11.3. The molecule has 31 heavy (non-hydrogen) atoms. The maximum Gasteiger partial charge on any atom is 0.261 e. The van der Waals surface area contributed by atoms with Crippen LogP contribution >= 0.6 is 28.1 Å². The number of hydrogen-bond acceptors (Lipinski definition) is 4. The summed E-state index contributed by atoms with van der Waals surface area (Å²) >= 11 is 8.71. The highest BCUT2D eigenvalue weighted by atomic mass is 79.9. The number of thiocarbonyl (C=S) groups is 1. The molecule has 3 N–H and O–H groups in total. The van der Waals surface area contributed by atoms with Crippen LogP contribution in [0.1, 0.15) is 54.8 Å². The Hall–Kier alpha value is -2.45. The molecule has 0 bridgehead atoms. The minimum absolute atomic E-state index is 0.00199. The number of benzene rings is 2. The molecule has 0 aliphatic carbocycles. The topological polar surface area (TPSA) is 79.5 Å². The molecule has 0 fully saturated rings. The molecular weight excluding hydrogens is 478 g/mol. The average Bonchev–Trinajstić information content (AvgIpc) is 2.68. The second kappa shape index (κ2) is 11.8. The van der Waals surface area contributed by atoms with Gasteiger partial charge >= 0.3 is 0 Å². The molecular formula is C23H28BrN3O3S. The molecule has 0 aliphatic heterocycles. The summed E-state index contributed by atoms with van der Waals surface area (Å²) in [5, 5.41) is 8.55. The fourth-order valence-corrected chi connectivity index (χ4v) is 3.23. The lowest BCUT2D eigenvalue weighted by Crippen LogP contribution is -2.36. The van der Waals surface area contributed by atoms with Gasteiger partial charge in [-0.15, -0.1) is 0 Å². The van der Waals surface area contributed by atoms with Crippen molar-refractivity contribution in [1.82, 2.24) is 10.6 Å². The molecule has 0 unspecified atom stereocenters. The number of ether oxygens (including phenoxy) is 1. The standard InChI is InChI=1S/C23H28BrN3O3S/c1-14(2)11-12-30-20-10-9-16(24)13-18(20)22(29)27-23(31)26-19-8-6-5-7-17(19)21(28)25-15(3)4/h5-10,13-15H,11-12H2,1-4H3,(H,25,28)(H2,26,27,29,31). The predicted molar refractivity (Wildman–Crippen MR) is 132 cm³/mol. The number of hydrogen-bond donors (Lipinski definition) is 3. The maximum absolute atomic E-state index is 12.9. The molecule has 0 aliphatic rings. The number of nitrogens with one attached hydrogen (secondary N) is 3. The second-order valence-corrected chi connectivity index (χ2v) is 9.08. The summed E-state index contributed by atoms with van der Waals surface area (Å²) in [5.74, 6) is 0.362. The van der Waals surface area contributed by atoms with Crippen molar-refractivity contribution in [1.29, 1.82) is 0 Å². The van der Waals surface area contributed by atoms with Crippen LogP contribution in [0.25, 0.3) is 0 Å². The monoisotopic (exact) mass is 505 g/mol. The minimum Gasteiger partial charge on any atom is -0.493 e. The van der Waals surface area contributed by atoms with Crippen molar-refractivity contribution in [2.45, 2.75) is 40.2 Å². The van der Waals surface area contributed by atoms with E-state index >= 15 is 0 Å². The number of halogens is 1. The Bertz CT molecular complexity index is 947. The van der Waals surface area contributed by atoms with Crippen molar-refractivity contribution in [3.05, 3.63) is 58.1 Å². The molecule has 0 spiro atoms. The van der Waals surface area contributed by atoms with Gasteiger partial charge in [-0.1, -0.05) is 41.9 Å². The lowest BCUT2D eigenvalue weighted by atomic mass is 10.1. The van der Waals surface area contributed by atoms with Crippen molar-refractivity contribution < 1.29 is 14.3 Å². The molecule has 2 rings (SSSR count). The van der Waals surface area contributed by atoms with E-state index in [9.17, 15) is 9.59 Å². The van der Waals surface area contributed by atoms with Gasteiger partial charge in [0.1, 0.15) is 5.75 Å². The van der Waals surface area contributed by atoms with Gasteiger partial charge in [-0.2, -0.15) is 0 Å². The molecule has 0 atom stereocenters. The van der Waals surface area contributed by atoms with E-state index in [1.165, 1.54) is 0 Å². The van der Waals surface area contributed by atoms with E-state index in [1.54, 1.807) is 36.4 Å².